The molecule has 0 aliphatic carbocycles. The normalized spacial score (nSPS) is 14.4. The Morgan fingerprint density at radius 2 is 1.89 bits per heavy atom. The SMILES string of the molecule is O=C(C=C1CCN(c2ccc(F)cc2)CC1)Nc1ccc2[nH]c(=O)oc2c1. The highest BCUT2D eigenvalue weighted by atomic mass is 19.1. The Balaban J connectivity index is 1.37. The fourth-order valence-electron chi connectivity index (χ4n) is 3.24. The number of hydrogen-bond acceptors (Lipinski definition) is 4. The summed E-state index contributed by atoms with van der Waals surface area (Å²) in [5.41, 5.74) is 3.61. The van der Waals surface area contributed by atoms with Gasteiger partial charge in [0, 0.05) is 36.6 Å². The topological polar surface area (TPSA) is 78.3 Å². The first-order valence-corrected chi connectivity index (χ1v) is 8.71. The van der Waals surface area contributed by atoms with Crippen LogP contribution >= 0.6 is 0 Å². The van der Waals surface area contributed by atoms with E-state index in [-0.39, 0.29) is 11.7 Å². The number of rotatable bonds is 3. The molecule has 27 heavy (non-hydrogen) atoms. The van der Waals surface area contributed by atoms with Gasteiger partial charge in [-0.15, -0.1) is 0 Å². The molecule has 1 aliphatic rings. The number of carbonyl (C=O) groups is 1. The predicted molar refractivity (Wildman–Crippen MR) is 101 cm³/mol. The van der Waals surface area contributed by atoms with Crippen molar-refractivity contribution in [3.63, 3.8) is 0 Å². The average molecular weight is 367 g/mol. The minimum absolute atomic E-state index is 0.211. The van der Waals surface area contributed by atoms with E-state index in [1.807, 2.05) is 0 Å². The molecule has 2 aromatic carbocycles. The molecule has 1 amide bonds. The van der Waals surface area contributed by atoms with Crippen molar-refractivity contribution in [1.29, 1.82) is 0 Å². The van der Waals surface area contributed by atoms with Gasteiger partial charge in [0.15, 0.2) is 5.58 Å². The van der Waals surface area contributed by atoms with E-state index in [9.17, 15) is 14.0 Å². The Bertz CT molecular complexity index is 1060. The Labute approximate surface area is 154 Å². The lowest BCUT2D eigenvalue weighted by molar-refractivity contribution is -0.112. The summed E-state index contributed by atoms with van der Waals surface area (Å²) >= 11 is 0. The minimum atomic E-state index is -0.525. The van der Waals surface area contributed by atoms with Crippen molar-refractivity contribution in [2.45, 2.75) is 12.8 Å². The van der Waals surface area contributed by atoms with Crippen LogP contribution in [0.3, 0.4) is 0 Å². The van der Waals surface area contributed by atoms with Gasteiger partial charge in [-0.2, -0.15) is 0 Å². The first kappa shape index (κ1) is 17.1. The minimum Gasteiger partial charge on any atom is -0.408 e. The van der Waals surface area contributed by atoms with Crippen LogP contribution in [0.2, 0.25) is 0 Å². The molecule has 1 saturated heterocycles. The Hall–Kier alpha value is -3.35. The fraction of sp³-hybridized carbons (Fsp3) is 0.200. The summed E-state index contributed by atoms with van der Waals surface area (Å²) in [4.78, 5) is 28.2. The van der Waals surface area contributed by atoms with Crippen molar-refractivity contribution in [2.24, 2.45) is 0 Å². The zero-order valence-electron chi connectivity index (χ0n) is 14.5. The molecule has 0 unspecified atom stereocenters. The molecule has 3 aromatic rings. The number of fused-ring (bicyclic) bond motifs is 1. The number of aromatic amines is 1. The lowest BCUT2D eigenvalue weighted by Crippen LogP contribution is -2.30. The number of anilines is 2. The van der Waals surface area contributed by atoms with Gasteiger partial charge in [0.05, 0.1) is 5.52 Å². The number of nitrogens with zero attached hydrogens (tertiary/aromatic N) is 1. The number of hydrogen-bond donors (Lipinski definition) is 2. The van der Waals surface area contributed by atoms with Crippen molar-refractivity contribution in [2.75, 3.05) is 23.3 Å². The van der Waals surface area contributed by atoms with Gasteiger partial charge in [0.2, 0.25) is 5.91 Å². The maximum Gasteiger partial charge on any atom is 0.417 e. The molecule has 4 rings (SSSR count). The van der Waals surface area contributed by atoms with E-state index in [2.05, 4.69) is 15.2 Å². The number of piperidine rings is 1. The fourth-order valence-corrected chi connectivity index (χ4v) is 3.24. The van der Waals surface area contributed by atoms with Crippen LogP contribution in [-0.4, -0.2) is 24.0 Å². The van der Waals surface area contributed by atoms with Crippen LogP contribution in [0, 0.1) is 5.82 Å². The van der Waals surface area contributed by atoms with Gasteiger partial charge in [0.1, 0.15) is 5.82 Å². The van der Waals surface area contributed by atoms with Gasteiger partial charge in [-0.1, -0.05) is 5.57 Å². The van der Waals surface area contributed by atoms with E-state index >= 15 is 0 Å². The van der Waals surface area contributed by atoms with Gasteiger partial charge in [-0.25, -0.2) is 9.18 Å². The summed E-state index contributed by atoms with van der Waals surface area (Å²) in [6.07, 6.45) is 3.17. The zero-order chi connectivity index (χ0) is 18.8. The molecular weight excluding hydrogens is 349 g/mol. The summed E-state index contributed by atoms with van der Waals surface area (Å²) in [5, 5.41) is 2.79. The summed E-state index contributed by atoms with van der Waals surface area (Å²) in [7, 11) is 0. The van der Waals surface area contributed by atoms with E-state index in [1.165, 1.54) is 12.1 Å². The molecule has 2 N–H and O–H groups in total. The summed E-state index contributed by atoms with van der Waals surface area (Å²) in [6, 6.07) is 11.5. The molecule has 1 aromatic heterocycles. The van der Waals surface area contributed by atoms with Crippen molar-refractivity contribution < 1.29 is 13.6 Å². The number of amides is 1. The second kappa shape index (κ2) is 7.11. The second-order valence-electron chi connectivity index (χ2n) is 6.48. The third kappa shape index (κ3) is 3.92. The Morgan fingerprint density at radius 3 is 2.63 bits per heavy atom. The predicted octanol–water partition coefficient (Wildman–Crippen LogP) is 3.43. The highest BCUT2D eigenvalue weighted by molar-refractivity contribution is 6.00. The van der Waals surface area contributed by atoms with Gasteiger partial charge in [0.25, 0.3) is 0 Å². The lowest BCUT2D eigenvalue weighted by Gasteiger charge is -2.30. The van der Waals surface area contributed by atoms with Crippen molar-refractivity contribution in [1.82, 2.24) is 4.98 Å². The van der Waals surface area contributed by atoms with Crippen LogP contribution < -0.4 is 16.0 Å². The standard InChI is InChI=1S/C20H18FN3O3/c21-14-1-4-16(5-2-14)24-9-7-13(8-10-24)11-19(25)22-15-3-6-17-18(12-15)27-20(26)23-17/h1-6,11-12H,7-10H2,(H,22,25)(H,23,26). The number of H-pyrrole nitrogens is 1. The maximum atomic E-state index is 13.0. The van der Waals surface area contributed by atoms with Crippen molar-refractivity contribution >= 4 is 28.4 Å². The van der Waals surface area contributed by atoms with Crippen LogP contribution in [0.5, 0.6) is 0 Å². The van der Waals surface area contributed by atoms with Crippen LogP contribution in [0.4, 0.5) is 15.8 Å². The van der Waals surface area contributed by atoms with Crippen molar-refractivity contribution in [3.05, 3.63) is 70.5 Å². The monoisotopic (exact) mass is 367 g/mol. The molecule has 2 heterocycles. The average Bonchev–Trinajstić information content (AvgIpc) is 3.02. The van der Waals surface area contributed by atoms with Crippen LogP contribution in [0.1, 0.15) is 12.8 Å². The molecule has 1 fully saturated rings. The van der Waals surface area contributed by atoms with Crippen LogP contribution in [-0.2, 0) is 4.79 Å². The third-order valence-electron chi connectivity index (χ3n) is 4.62. The van der Waals surface area contributed by atoms with E-state index < -0.39 is 5.76 Å². The quantitative estimate of drug-likeness (QED) is 0.695. The molecule has 138 valence electrons. The molecule has 0 saturated carbocycles. The molecule has 0 spiro atoms. The van der Waals surface area contributed by atoms with Crippen LogP contribution in [0.25, 0.3) is 11.1 Å². The molecule has 1 aliphatic heterocycles. The zero-order valence-corrected chi connectivity index (χ0v) is 14.5. The molecular formula is C20H18FN3O3. The first-order valence-electron chi connectivity index (χ1n) is 8.71. The number of carbonyl (C=O) groups excluding carboxylic acids is 1. The van der Waals surface area contributed by atoms with Gasteiger partial charge < -0.3 is 14.6 Å². The number of benzene rings is 2. The summed E-state index contributed by atoms with van der Waals surface area (Å²) in [5.74, 6) is -0.980. The molecule has 0 atom stereocenters. The molecule has 0 radical (unpaired) electrons. The Morgan fingerprint density at radius 1 is 1.15 bits per heavy atom. The highest BCUT2D eigenvalue weighted by Crippen LogP contribution is 2.23. The first-order chi connectivity index (χ1) is 13.1. The summed E-state index contributed by atoms with van der Waals surface area (Å²) < 4.78 is 18.0. The number of halogens is 1. The summed E-state index contributed by atoms with van der Waals surface area (Å²) in [6.45, 7) is 1.57. The number of oxazole rings is 1. The van der Waals surface area contributed by atoms with Gasteiger partial charge >= 0.3 is 5.76 Å². The third-order valence-corrected chi connectivity index (χ3v) is 4.62. The van der Waals surface area contributed by atoms with Crippen LogP contribution in [0.15, 0.2) is 63.3 Å². The highest BCUT2D eigenvalue weighted by Gasteiger charge is 2.15. The lowest BCUT2D eigenvalue weighted by atomic mass is 10.0. The van der Waals surface area contributed by atoms with Gasteiger partial charge in [-0.3, -0.25) is 9.78 Å². The Kier molecular flexibility index (Phi) is 4.50. The molecule has 7 heteroatoms. The van der Waals surface area contributed by atoms with E-state index in [0.29, 0.717) is 16.8 Å². The molecule has 6 nitrogen and oxygen atoms in total. The van der Waals surface area contributed by atoms with Crippen molar-refractivity contribution in [3.8, 4) is 0 Å². The maximum absolute atomic E-state index is 13.0. The molecule has 0 bridgehead atoms. The van der Waals surface area contributed by atoms with Gasteiger partial charge in [-0.05, 0) is 49.2 Å². The van der Waals surface area contributed by atoms with E-state index in [4.69, 9.17) is 4.42 Å². The number of nitrogens with one attached hydrogen (secondary N) is 2. The van der Waals surface area contributed by atoms with E-state index in [0.717, 1.165) is 37.2 Å². The largest absolute Gasteiger partial charge is 0.417 e. The van der Waals surface area contributed by atoms with E-state index in [1.54, 1.807) is 36.4 Å². The number of aromatic nitrogens is 1. The smallest absolute Gasteiger partial charge is 0.408 e. The second-order valence-corrected chi connectivity index (χ2v) is 6.48.